The molecule has 2 nitrogen and oxygen atoms in total. The van der Waals surface area contributed by atoms with Crippen molar-refractivity contribution in [3.8, 4) is 0 Å². The molecule has 0 amide bonds. The van der Waals surface area contributed by atoms with E-state index in [1.165, 1.54) is 0 Å². The van der Waals surface area contributed by atoms with E-state index in [4.69, 9.17) is 39.2 Å². The highest BCUT2D eigenvalue weighted by atomic mass is 79.9. The number of anilines is 1. The molecule has 18 heavy (non-hydrogen) atoms. The van der Waals surface area contributed by atoms with Crippen molar-refractivity contribution in [1.29, 1.82) is 0 Å². The molecule has 1 aromatic heterocycles. The Labute approximate surface area is 136 Å². The van der Waals surface area contributed by atoms with E-state index in [9.17, 15) is 0 Å². The highest BCUT2D eigenvalue weighted by Crippen LogP contribution is 2.34. The third kappa shape index (κ3) is 3.36. The summed E-state index contributed by atoms with van der Waals surface area (Å²) < 4.78 is 6.93. The molecule has 2 aromatic rings. The SMILES string of the molecule is Clc1cc(Cl)c(NCc2cc(Br)c(Br)o2)c(Cl)c1. The Hall–Kier alpha value is 0.130. The fourth-order valence-corrected chi connectivity index (χ4v) is 2.97. The molecular weight excluding hydrogens is 428 g/mol. The van der Waals surface area contributed by atoms with Gasteiger partial charge in [-0.2, -0.15) is 0 Å². The number of furan rings is 1. The molecule has 96 valence electrons. The van der Waals surface area contributed by atoms with Crippen molar-refractivity contribution < 1.29 is 4.42 Å². The first kappa shape index (κ1) is 14.5. The summed E-state index contributed by atoms with van der Waals surface area (Å²) in [6.45, 7) is 0.464. The number of nitrogens with one attached hydrogen (secondary N) is 1. The van der Waals surface area contributed by atoms with E-state index < -0.39 is 0 Å². The smallest absolute Gasteiger partial charge is 0.183 e. The topological polar surface area (TPSA) is 25.2 Å². The van der Waals surface area contributed by atoms with Crippen LogP contribution >= 0.6 is 66.7 Å². The summed E-state index contributed by atoms with van der Waals surface area (Å²) in [5.74, 6) is 0.746. The molecule has 0 aliphatic carbocycles. The summed E-state index contributed by atoms with van der Waals surface area (Å²) in [4.78, 5) is 0. The van der Waals surface area contributed by atoms with Crippen LogP contribution in [0.4, 0.5) is 5.69 Å². The third-order valence-corrected chi connectivity index (χ3v) is 4.67. The van der Waals surface area contributed by atoms with Crippen LogP contribution in [-0.2, 0) is 6.54 Å². The van der Waals surface area contributed by atoms with Crippen LogP contribution in [0.15, 0.2) is 31.8 Å². The quantitative estimate of drug-likeness (QED) is 0.607. The van der Waals surface area contributed by atoms with Crippen LogP contribution < -0.4 is 5.32 Å². The van der Waals surface area contributed by atoms with Gasteiger partial charge in [-0.15, -0.1) is 0 Å². The van der Waals surface area contributed by atoms with Gasteiger partial charge in [-0.25, -0.2) is 0 Å². The molecule has 1 N–H and O–H groups in total. The molecule has 0 spiro atoms. The van der Waals surface area contributed by atoms with Crippen LogP contribution in [0.3, 0.4) is 0 Å². The lowest BCUT2D eigenvalue weighted by molar-refractivity contribution is 0.494. The zero-order valence-electron chi connectivity index (χ0n) is 8.74. The predicted octanol–water partition coefficient (Wildman–Crippen LogP) is 6.38. The van der Waals surface area contributed by atoms with Gasteiger partial charge in [0.05, 0.1) is 26.8 Å². The molecule has 0 saturated heterocycles. The van der Waals surface area contributed by atoms with Crippen molar-refractivity contribution in [3.63, 3.8) is 0 Å². The minimum Gasteiger partial charge on any atom is -0.451 e. The van der Waals surface area contributed by atoms with Gasteiger partial charge in [-0.3, -0.25) is 0 Å². The maximum Gasteiger partial charge on any atom is 0.183 e. The van der Waals surface area contributed by atoms with Crippen molar-refractivity contribution in [1.82, 2.24) is 0 Å². The van der Waals surface area contributed by atoms with Gasteiger partial charge in [-0.05, 0) is 50.1 Å². The Bertz CT molecular complexity index is 543. The second-order valence-electron chi connectivity index (χ2n) is 3.43. The summed E-state index contributed by atoms with van der Waals surface area (Å²) in [6, 6.07) is 5.12. The van der Waals surface area contributed by atoms with E-state index in [0.717, 1.165) is 10.2 Å². The zero-order chi connectivity index (χ0) is 13.3. The molecule has 1 aromatic carbocycles. The number of benzene rings is 1. The summed E-state index contributed by atoms with van der Waals surface area (Å²) >= 11 is 24.6. The van der Waals surface area contributed by atoms with E-state index in [1.807, 2.05) is 6.07 Å². The largest absolute Gasteiger partial charge is 0.451 e. The zero-order valence-corrected chi connectivity index (χ0v) is 14.2. The minimum absolute atomic E-state index is 0.464. The normalized spacial score (nSPS) is 10.7. The van der Waals surface area contributed by atoms with Gasteiger partial charge in [0.2, 0.25) is 0 Å². The standard InChI is InChI=1S/C11H6Br2Cl3NO/c12-7-3-6(18-11(7)13)4-17-10-8(15)1-5(14)2-9(10)16/h1-3,17H,4H2. The second-order valence-corrected chi connectivity index (χ2v) is 6.26. The summed E-state index contributed by atoms with van der Waals surface area (Å²) in [5.41, 5.74) is 0.631. The first-order valence-electron chi connectivity index (χ1n) is 4.79. The molecule has 1 heterocycles. The van der Waals surface area contributed by atoms with Gasteiger partial charge < -0.3 is 9.73 Å². The van der Waals surface area contributed by atoms with Crippen LogP contribution in [-0.4, -0.2) is 0 Å². The Morgan fingerprint density at radius 1 is 1.06 bits per heavy atom. The van der Waals surface area contributed by atoms with E-state index in [-0.39, 0.29) is 0 Å². The van der Waals surface area contributed by atoms with Gasteiger partial charge in [0.15, 0.2) is 4.67 Å². The van der Waals surface area contributed by atoms with E-state index >= 15 is 0 Å². The van der Waals surface area contributed by atoms with E-state index in [1.54, 1.807) is 12.1 Å². The molecule has 0 bridgehead atoms. The van der Waals surface area contributed by atoms with Crippen LogP contribution in [0.5, 0.6) is 0 Å². The Morgan fingerprint density at radius 2 is 1.67 bits per heavy atom. The highest BCUT2D eigenvalue weighted by Gasteiger charge is 2.10. The first-order valence-corrected chi connectivity index (χ1v) is 7.51. The van der Waals surface area contributed by atoms with E-state index in [2.05, 4.69) is 37.2 Å². The van der Waals surface area contributed by atoms with Crippen LogP contribution in [0.1, 0.15) is 5.76 Å². The Morgan fingerprint density at radius 3 is 2.17 bits per heavy atom. The molecule has 0 aliphatic heterocycles. The fraction of sp³-hybridized carbons (Fsp3) is 0.0909. The molecule has 0 saturated carbocycles. The van der Waals surface area contributed by atoms with Crippen molar-refractivity contribution >= 4 is 72.4 Å². The Balaban J connectivity index is 2.15. The predicted molar refractivity (Wildman–Crippen MR) is 82.9 cm³/mol. The maximum atomic E-state index is 6.06. The van der Waals surface area contributed by atoms with E-state index in [0.29, 0.717) is 32.0 Å². The molecular formula is C11H6Br2Cl3NO. The number of hydrogen-bond donors (Lipinski definition) is 1. The molecule has 2 rings (SSSR count). The Kier molecular flexibility index (Phi) is 4.89. The average molecular weight is 434 g/mol. The van der Waals surface area contributed by atoms with Crippen molar-refractivity contribution in [3.05, 3.63) is 48.2 Å². The van der Waals surface area contributed by atoms with Gasteiger partial charge in [0.1, 0.15) is 5.76 Å². The van der Waals surface area contributed by atoms with Crippen molar-refractivity contribution in [2.24, 2.45) is 0 Å². The van der Waals surface area contributed by atoms with Gasteiger partial charge >= 0.3 is 0 Å². The number of rotatable bonds is 3. The number of halogens is 5. The number of hydrogen-bond acceptors (Lipinski definition) is 2. The second kappa shape index (κ2) is 6.06. The highest BCUT2D eigenvalue weighted by molar-refractivity contribution is 9.13. The van der Waals surface area contributed by atoms with Crippen LogP contribution in [0.2, 0.25) is 15.1 Å². The fourth-order valence-electron chi connectivity index (χ4n) is 1.37. The lowest BCUT2D eigenvalue weighted by Crippen LogP contribution is -1.99. The monoisotopic (exact) mass is 431 g/mol. The molecule has 0 radical (unpaired) electrons. The summed E-state index contributed by atoms with van der Waals surface area (Å²) in [7, 11) is 0. The average Bonchev–Trinajstić information content (AvgIpc) is 2.56. The van der Waals surface area contributed by atoms with Crippen LogP contribution in [0, 0.1) is 0 Å². The summed E-state index contributed by atoms with van der Waals surface area (Å²) in [6.07, 6.45) is 0. The lowest BCUT2D eigenvalue weighted by Gasteiger charge is -2.09. The molecule has 7 heteroatoms. The molecule has 0 aliphatic rings. The van der Waals surface area contributed by atoms with Gasteiger partial charge in [0, 0.05) is 5.02 Å². The minimum atomic E-state index is 0.464. The maximum absolute atomic E-state index is 6.06. The summed E-state index contributed by atoms with van der Waals surface area (Å²) in [5, 5.41) is 4.55. The molecule has 0 fully saturated rings. The first-order chi connectivity index (χ1) is 8.47. The van der Waals surface area contributed by atoms with Gasteiger partial charge in [0.25, 0.3) is 0 Å². The van der Waals surface area contributed by atoms with Crippen LogP contribution in [0.25, 0.3) is 0 Å². The van der Waals surface area contributed by atoms with Crippen molar-refractivity contribution in [2.75, 3.05) is 5.32 Å². The molecule has 0 unspecified atom stereocenters. The third-order valence-electron chi connectivity index (χ3n) is 2.14. The van der Waals surface area contributed by atoms with Crippen molar-refractivity contribution in [2.45, 2.75) is 6.54 Å². The van der Waals surface area contributed by atoms with Gasteiger partial charge in [-0.1, -0.05) is 34.8 Å². The lowest BCUT2D eigenvalue weighted by atomic mass is 10.3. The molecule has 0 atom stereocenters.